The van der Waals surface area contributed by atoms with Crippen LogP contribution in [0.2, 0.25) is 0 Å². The van der Waals surface area contributed by atoms with Crippen LogP contribution in [0.15, 0.2) is 0 Å². The maximum absolute atomic E-state index is 3.85. The standard InChI is InChI=1S/C10H21N5/c1-3-4-5-6-7-8-9-11-10-12-13-14-15(10)2/h3-9H2,1-2H3,(H,11,12,14). The molecule has 0 aliphatic rings. The second-order valence-corrected chi connectivity index (χ2v) is 3.82. The smallest absolute Gasteiger partial charge is 0.242 e. The monoisotopic (exact) mass is 211 g/mol. The highest BCUT2D eigenvalue weighted by molar-refractivity contribution is 5.20. The first-order valence-corrected chi connectivity index (χ1v) is 5.81. The van der Waals surface area contributed by atoms with Gasteiger partial charge >= 0.3 is 0 Å². The minimum atomic E-state index is 0.753. The minimum absolute atomic E-state index is 0.753. The van der Waals surface area contributed by atoms with Crippen molar-refractivity contribution in [2.75, 3.05) is 11.9 Å². The number of nitrogens with one attached hydrogen (secondary N) is 1. The Morgan fingerprint density at radius 1 is 1.13 bits per heavy atom. The highest BCUT2D eigenvalue weighted by atomic mass is 15.6. The lowest BCUT2D eigenvalue weighted by Crippen LogP contribution is -2.07. The van der Waals surface area contributed by atoms with E-state index in [1.807, 2.05) is 7.05 Å². The topological polar surface area (TPSA) is 55.6 Å². The van der Waals surface area contributed by atoms with Crippen LogP contribution in [0.3, 0.4) is 0 Å². The van der Waals surface area contributed by atoms with Gasteiger partial charge in [0.2, 0.25) is 5.95 Å². The van der Waals surface area contributed by atoms with Crippen LogP contribution >= 0.6 is 0 Å². The van der Waals surface area contributed by atoms with Crippen LogP contribution < -0.4 is 5.32 Å². The Labute approximate surface area is 91.2 Å². The van der Waals surface area contributed by atoms with Crippen molar-refractivity contribution >= 4 is 5.95 Å². The zero-order valence-electron chi connectivity index (χ0n) is 9.74. The molecule has 0 fully saturated rings. The zero-order valence-corrected chi connectivity index (χ0v) is 9.74. The molecule has 5 heteroatoms. The molecule has 0 saturated heterocycles. The molecule has 0 spiro atoms. The summed E-state index contributed by atoms with van der Waals surface area (Å²) in [6.45, 7) is 3.20. The van der Waals surface area contributed by atoms with Crippen LogP contribution in [-0.4, -0.2) is 26.8 Å². The third-order valence-electron chi connectivity index (χ3n) is 2.43. The van der Waals surface area contributed by atoms with Gasteiger partial charge in [0.25, 0.3) is 0 Å². The minimum Gasteiger partial charge on any atom is -0.353 e. The van der Waals surface area contributed by atoms with E-state index in [1.54, 1.807) is 4.68 Å². The predicted molar refractivity (Wildman–Crippen MR) is 60.7 cm³/mol. The third kappa shape index (κ3) is 4.76. The molecule has 0 amide bonds. The van der Waals surface area contributed by atoms with E-state index in [4.69, 9.17) is 0 Å². The molecule has 1 rings (SSSR count). The predicted octanol–water partition coefficient (Wildman–Crippen LogP) is 1.98. The fourth-order valence-corrected chi connectivity index (χ4v) is 1.48. The Morgan fingerprint density at radius 3 is 2.53 bits per heavy atom. The summed E-state index contributed by atoms with van der Waals surface area (Å²) in [5.74, 6) is 0.753. The molecule has 0 unspecified atom stereocenters. The number of tetrazole rings is 1. The molecular weight excluding hydrogens is 190 g/mol. The van der Waals surface area contributed by atoms with E-state index in [-0.39, 0.29) is 0 Å². The maximum Gasteiger partial charge on any atom is 0.242 e. The van der Waals surface area contributed by atoms with Gasteiger partial charge in [0.05, 0.1) is 0 Å². The Hall–Kier alpha value is -1.13. The second kappa shape index (κ2) is 7.20. The van der Waals surface area contributed by atoms with Gasteiger partial charge in [0.1, 0.15) is 0 Å². The van der Waals surface area contributed by atoms with Gasteiger partial charge in [-0.25, -0.2) is 4.68 Å². The van der Waals surface area contributed by atoms with Crippen molar-refractivity contribution in [2.24, 2.45) is 7.05 Å². The van der Waals surface area contributed by atoms with Gasteiger partial charge in [0, 0.05) is 13.6 Å². The van der Waals surface area contributed by atoms with Crippen LogP contribution in [0.5, 0.6) is 0 Å². The van der Waals surface area contributed by atoms with E-state index >= 15 is 0 Å². The molecular formula is C10H21N5. The normalized spacial score (nSPS) is 10.5. The van der Waals surface area contributed by atoms with Crippen LogP contribution in [0.4, 0.5) is 5.95 Å². The van der Waals surface area contributed by atoms with Gasteiger partial charge < -0.3 is 5.32 Å². The molecule has 5 nitrogen and oxygen atoms in total. The lowest BCUT2D eigenvalue weighted by Gasteiger charge is -2.03. The lowest BCUT2D eigenvalue weighted by atomic mass is 10.1. The molecule has 0 radical (unpaired) electrons. The van der Waals surface area contributed by atoms with E-state index in [0.717, 1.165) is 12.5 Å². The fraction of sp³-hybridized carbons (Fsp3) is 0.900. The largest absolute Gasteiger partial charge is 0.353 e. The molecule has 1 aromatic heterocycles. The molecule has 15 heavy (non-hydrogen) atoms. The highest BCUT2D eigenvalue weighted by Crippen LogP contribution is 2.05. The van der Waals surface area contributed by atoms with Crippen molar-refractivity contribution in [3.63, 3.8) is 0 Å². The number of unbranched alkanes of at least 4 members (excludes halogenated alkanes) is 5. The Bertz CT molecular complexity index is 258. The summed E-state index contributed by atoms with van der Waals surface area (Å²) in [5.41, 5.74) is 0. The molecule has 1 N–H and O–H groups in total. The quantitative estimate of drug-likeness (QED) is 0.668. The number of hydrogen-bond acceptors (Lipinski definition) is 4. The van der Waals surface area contributed by atoms with Crippen molar-refractivity contribution in [2.45, 2.75) is 45.4 Å². The van der Waals surface area contributed by atoms with Crippen molar-refractivity contribution in [3.8, 4) is 0 Å². The molecule has 0 aliphatic carbocycles. The van der Waals surface area contributed by atoms with Crippen molar-refractivity contribution in [1.82, 2.24) is 20.2 Å². The van der Waals surface area contributed by atoms with Crippen LogP contribution in [-0.2, 0) is 7.05 Å². The lowest BCUT2D eigenvalue weighted by molar-refractivity contribution is 0.615. The molecule has 0 aliphatic heterocycles. The second-order valence-electron chi connectivity index (χ2n) is 3.82. The summed E-state index contributed by atoms with van der Waals surface area (Å²) >= 11 is 0. The Balaban J connectivity index is 1.96. The van der Waals surface area contributed by atoms with Crippen LogP contribution in [0.1, 0.15) is 45.4 Å². The number of anilines is 1. The summed E-state index contributed by atoms with van der Waals surface area (Å²) in [6, 6.07) is 0. The average molecular weight is 211 g/mol. The summed E-state index contributed by atoms with van der Waals surface area (Å²) in [4.78, 5) is 0. The number of aryl methyl sites for hydroxylation is 1. The van der Waals surface area contributed by atoms with Crippen molar-refractivity contribution in [3.05, 3.63) is 0 Å². The molecule has 1 aromatic rings. The van der Waals surface area contributed by atoms with E-state index in [9.17, 15) is 0 Å². The van der Waals surface area contributed by atoms with Gasteiger partial charge in [-0.2, -0.15) is 0 Å². The Kier molecular flexibility index (Phi) is 5.73. The van der Waals surface area contributed by atoms with E-state index < -0.39 is 0 Å². The highest BCUT2D eigenvalue weighted by Gasteiger charge is 1.98. The first-order valence-electron chi connectivity index (χ1n) is 5.81. The zero-order chi connectivity index (χ0) is 10.9. The maximum atomic E-state index is 3.85. The van der Waals surface area contributed by atoms with Gasteiger partial charge in [0.15, 0.2) is 0 Å². The molecule has 0 aromatic carbocycles. The van der Waals surface area contributed by atoms with Crippen molar-refractivity contribution < 1.29 is 0 Å². The van der Waals surface area contributed by atoms with Crippen molar-refractivity contribution in [1.29, 1.82) is 0 Å². The molecule has 0 bridgehead atoms. The summed E-state index contributed by atoms with van der Waals surface area (Å²) in [7, 11) is 1.84. The number of hydrogen-bond donors (Lipinski definition) is 1. The average Bonchev–Trinajstić information content (AvgIpc) is 2.63. The van der Waals surface area contributed by atoms with Gasteiger partial charge in [-0.3, -0.25) is 0 Å². The van der Waals surface area contributed by atoms with Crippen LogP contribution in [0.25, 0.3) is 0 Å². The molecule has 0 atom stereocenters. The van der Waals surface area contributed by atoms with E-state index in [2.05, 4.69) is 27.8 Å². The third-order valence-corrected chi connectivity index (χ3v) is 2.43. The van der Waals surface area contributed by atoms with E-state index in [0.29, 0.717) is 0 Å². The molecule has 0 saturated carbocycles. The number of aromatic nitrogens is 4. The summed E-state index contributed by atoms with van der Waals surface area (Å²) in [5, 5.41) is 14.4. The van der Waals surface area contributed by atoms with Gasteiger partial charge in [-0.1, -0.05) is 44.1 Å². The first-order chi connectivity index (χ1) is 7.34. The fourth-order valence-electron chi connectivity index (χ4n) is 1.48. The molecule has 86 valence electrons. The van der Waals surface area contributed by atoms with Gasteiger partial charge in [-0.05, 0) is 16.8 Å². The van der Waals surface area contributed by atoms with Gasteiger partial charge in [-0.15, -0.1) is 0 Å². The number of rotatable bonds is 8. The van der Waals surface area contributed by atoms with Crippen LogP contribution in [0, 0.1) is 0 Å². The first kappa shape index (κ1) is 11.9. The molecule has 1 heterocycles. The summed E-state index contributed by atoms with van der Waals surface area (Å²) < 4.78 is 1.65. The SMILES string of the molecule is CCCCCCCCNc1nnnn1C. The van der Waals surface area contributed by atoms with E-state index in [1.165, 1.54) is 38.5 Å². The summed E-state index contributed by atoms with van der Waals surface area (Å²) in [6.07, 6.45) is 7.85. The Morgan fingerprint density at radius 2 is 1.87 bits per heavy atom. The number of nitrogens with zero attached hydrogens (tertiary/aromatic N) is 4.